The molecule has 114 valence electrons. The molecule has 20 heavy (non-hydrogen) atoms. The Balaban J connectivity index is 2.03. The topological polar surface area (TPSA) is 90.5 Å². The van der Waals surface area contributed by atoms with Crippen LogP contribution in [-0.4, -0.2) is 55.9 Å². The van der Waals surface area contributed by atoms with E-state index in [1.54, 1.807) is 11.7 Å². The molecular weight excluding hydrogens is 280 g/mol. The molecule has 2 N–H and O–H groups in total. The van der Waals surface area contributed by atoms with Crippen LogP contribution in [0.15, 0.2) is 17.3 Å². The van der Waals surface area contributed by atoms with Crippen LogP contribution in [0.4, 0.5) is 0 Å². The largest absolute Gasteiger partial charge is 0.381 e. The predicted molar refractivity (Wildman–Crippen MR) is 74.6 cm³/mol. The molecule has 0 amide bonds. The average Bonchev–Trinajstić information content (AvgIpc) is 2.89. The minimum Gasteiger partial charge on any atom is -0.381 e. The molecule has 0 aliphatic carbocycles. The fraction of sp³-hybridized carbons (Fsp3) is 0.750. The average molecular weight is 302 g/mol. The van der Waals surface area contributed by atoms with Crippen molar-refractivity contribution in [3.63, 3.8) is 0 Å². The lowest BCUT2D eigenvalue weighted by molar-refractivity contribution is 0.0620. The Morgan fingerprint density at radius 1 is 1.50 bits per heavy atom. The summed E-state index contributed by atoms with van der Waals surface area (Å²) in [6.45, 7) is 2.89. The van der Waals surface area contributed by atoms with Crippen LogP contribution >= 0.6 is 0 Å². The van der Waals surface area contributed by atoms with Crippen molar-refractivity contribution in [3.8, 4) is 0 Å². The van der Waals surface area contributed by atoms with Crippen molar-refractivity contribution in [2.24, 2.45) is 11.7 Å². The molecule has 8 heteroatoms. The maximum absolute atomic E-state index is 12.4. The normalized spacial score (nSPS) is 17.8. The van der Waals surface area contributed by atoms with Gasteiger partial charge in [0.15, 0.2) is 0 Å². The highest BCUT2D eigenvalue weighted by Gasteiger charge is 2.26. The first-order valence-electron chi connectivity index (χ1n) is 6.80. The Labute approximate surface area is 119 Å². The summed E-state index contributed by atoms with van der Waals surface area (Å²) in [5.41, 5.74) is 5.43. The van der Waals surface area contributed by atoms with Gasteiger partial charge in [0, 0.05) is 39.5 Å². The van der Waals surface area contributed by atoms with Crippen LogP contribution in [0, 0.1) is 5.92 Å². The third-order valence-electron chi connectivity index (χ3n) is 3.53. The summed E-state index contributed by atoms with van der Waals surface area (Å²) in [6, 6.07) is 0. The highest BCUT2D eigenvalue weighted by molar-refractivity contribution is 7.89. The minimum absolute atomic E-state index is 0.223. The zero-order valence-corrected chi connectivity index (χ0v) is 12.6. The molecule has 1 fully saturated rings. The first-order valence-corrected chi connectivity index (χ1v) is 8.24. The van der Waals surface area contributed by atoms with Gasteiger partial charge in [-0.3, -0.25) is 4.68 Å². The van der Waals surface area contributed by atoms with E-state index in [1.807, 2.05) is 0 Å². The fourth-order valence-corrected chi connectivity index (χ4v) is 3.51. The molecule has 0 atom stereocenters. The van der Waals surface area contributed by atoms with Gasteiger partial charge in [-0.05, 0) is 18.8 Å². The predicted octanol–water partition coefficient (Wildman–Crippen LogP) is -0.111. The van der Waals surface area contributed by atoms with Gasteiger partial charge in [-0.2, -0.15) is 5.10 Å². The lowest BCUT2D eigenvalue weighted by Gasteiger charge is -2.26. The smallest absolute Gasteiger partial charge is 0.245 e. The van der Waals surface area contributed by atoms with E-state index >= 15 is 0 Å². The van der Waals surface area contributed by atoms with Crippen LogP contribution in [0.2, 0.25) is 0 Å². The van der Waals surface area contributed by atoms with Crippen LogP contribution in [0.5, 0.6) is 0 Å². The first kappa shape index (κ1) is 15.4. The molecule has 1 aromatic rings. The molecule has 2 rings (SSSR count). The SMILES string of the molecule is CN(CC1CCOCC1)S(=O)(=O)c1cnn(CCN)c1. The van der Waals surface area contributed by atoms with E-state index in [1.165, 1.54) is 16.7 Å². The van der Waals surface area contributed by atoms with Gasteiger partial charge in [-0.15, -0.1) is 0 Å². The molecule has 0 unspecified atom stereocenters. The lowest BCUT2D eigenvalue weighted by Crippen LogP contribution is -2.34. The van der Waals surface area contributed by atoms with Gasteiger partial charge in [0.05, 0.1) is 12.7 Å². The number of rotatable bonds is 6. The van der Waals surface area contributed by atoms with E-state index in [9.17, 15) is 8.42 Å². The Kier molecular flexibility index (Phi) is 5.14. The summed E-state index contributed by atoms with van der Waals surface area (Å²) in [7, 11) is -1.85. The molecular formula is C12H22N4O3S. The molecule has 7 nitrogen and oxygen atoms in total. The summed E-state index contributed by atoms with van der Waals surface area (Å²) < 4.78 is 33.1. The van der Waals surface area contributed by atoms with Gasteiger partial charge in [-0.1, -0.05) is 0 Å². The number of nitrogens with two attached hydrogens (primary N) is 1. The minimum atomic E-state index is -3.47. The monoisotopic (exact) mass is 302 g/mol. The van der Waals surface area contributed by atoms with Gasteiger partial charge in [0.1, 0.15) is 4.90 Å². The molecule has 0 radical (unpaired) electrons. The summed E-state index contributed by atoms with van der Waals surface area (Å²) in [6.07, 6.45) is 4.73. The summed E-state index contributed by atoms with van der Waals surface area (Å²) in [4.78, 5) is 0.223. The van der Waals surface area contributed by atoms with E-state index in [2.05, 4.69) is 5.10 Å². The van der Waals surface area contributed by atoms with Gasteiger partial charge in [0.2, 0.25) is 10.0 Å². The fourth-order valence-electron chi connectivity index (χ4n) is 2.30. The molecule has 0 saturated carbocycles. The number of sulfonamides is 1. The van der Waals surface area contributed by atoms with Crippen LogP contribution in [0.1, 0.15) is 12.8 Å². The van der Waals surface area contributed by atoms with Crippen molar-refractivity contribution in [3.05, 3.63) is 12.4 Å². The molecule has 1 saturated heterocycles. The van der Waals surface area contributed by atoms with E-state index in [0.717, 1.165) is 12.8 Å². The molecule has 1 aliphatic heterocycles. The standard InChI is InChI=1S/C12H22N4O3S/c1-15(9-11-2-6-19-7-3-11)20(17,18)12-8-14-16(10-12)5-4-13/h8,10-11H,2-7,9,13H2,1H3. The van der Waals surface area contributed by atoms with Crippen LogP contribution in [0.3, 0.4) is 0 Å². The molecule has 0 aromatic carbocycles. The van der Waals surface area contributed by atoms with Crippen molar-refractivity contribution >= 4 is 10.0 Å². The lowest BCUT2D eigenvalue weighted by atomic mass is 10.0. The third-order valence-corrected chi connectivity index (χ3v) is 5.31. The molecule has 0 spiro atoms. The number of hydrogen-bond acceptors (Lipinski definition) is 5. The molecule has 1 aliphatic rings. The van der Waals surface area contributed by atoms with Gasteiger partial charge < -0.3 is 10.5 Å². The molecule has 2 heterocycles. The van der Waals surface area contributed by atoms with Crippen LogP contribution < -0.4 is 5.73 Å². The summed E-state index contributed by atoms with van der Waals surface area (Å²) in [5.74, 6) is 0.364. The second kappa shape index (κ2) is 6.66. The highest BCUT2D eigenvalue weighted by atomic mass is 32.2. The number of hydrogen-bond donors (Lipinski definition) is 1. The summed E-state index contributed by atoms with van der Waals surface area (Å²) >= 11 is 0. The van der Waals surface area contributed by atoms with Crippen molar-refractivity contribution in [1.82, 2.24) is 14.1 Å². The van der Waals surface area contributed by atoms with Crippen molar-refractivity contribution in [2.45, 2.75) is 24.3 Å². The van der Waals surface area contributed by atoms with Gasteiger partial charge in [0.25, 0.3) is 0 Å². The second-order valence-corrected chi connectivity index (χ2v) is 7.11. The summed E-state index contributed by atoms with van der Waals surface area (Å²) in [5, 5.41) is 4.01. The highest BCUT2D eigenvalue weighted by Crippen LogP contribution is 2.20. The third kappa shape index (κ3) is 3.57. The Bertz CT molecular complexity index is 523. The van der Waals surface area contributed by atoms with E-state index in [0.29, 0.717) is 38.8 Å². The number of ether oxygens (including phenoxy) is 1. The first-order chi connectivity index (χ1) is 9.54. The second-order valence-electron chi connectivity index (χ2n) is 5.07. The van der Waals surface area contributed by atoms with Gasteiger partial charge >= 0.3 is 0 Å². The van der Waals surface area contributed by atoms with Crippen molar-refractivity contribution in [1.29, 1.82) is 0 Å². The zero-order chi connectivity index (χ0) is 14.6. The maximum atomic E-state index is 12.4. The Morgan fingerprint density at radius 3 is 2.85 bits per heavy atom. The van der Waals surface area contributed by atoms with E-state index in [-0.39, 0.29) is 4.90 Å². The van der Waals surface area contributed by atoms with Gasteiger partial charge in [-0.25, -0.2) is 12.7 Å². The maximum Gasteiger partial charge on any atom is 0.245 e. The number of aromatic nitrogens is 2. The van der Waals surface area contributed by atoms with Crippen LogP contribution in [0.25, 0.3) is 0 Å². The van der Waals surface area contributed by atoms with Crippen LogP contribution in [-0.2, 0) is 21.3 Å². The van der Waals surface area contributed by atoms with Crippen molar-refractivity contribution < 1.29 is 13.2 Å². The van der Waals surface area contributed by atoms with E-state index in [4.69, 9.17) is 10.5 Å². The molecule has 1 aromatic heterocycles. The van der Waals surface area contributed by atoms with E-state index < -0.39 is 10.0 Å². The zero-order valence-electron chi connectivity index (χ0n) is 11.7. The molecule has 0 bridgehead atoms. The Hall–Kier alpha value is -0.960. The van der Waals surface area contributed by atoms with Crippen molar-refractivity contribution in [2.75, 3.05) is 33.4 Å². The quantitative estimate of drug-likeness (QED) is 0.792. The Morgan fingerprint density at radius 2 is 2.20 bits per heavy atom. The number of nitrogens with zero attached hydrogens (tertiary/aromatic N) is 3.